The maximum atomic E-state index is 12.1. The van der Waals surface area contributed by atoms with Crippen molar-refractivity contribution in [3.8, 4) is 0 Å². The lowest BCUT2D eigenvalue weighted by atomic mass is 10.0. The van der Waals surface area contributed by atoms with Crippen molar-refractivity contribution < 1.29 is 37.9 Å². The number of carbonyl (C=O) groups excluding carboxylic acids is 2. The van der Waals surface area contributed by atoms with Gasteiger partial charge in [0, 0.05) is 19.4 Å². The molecule has 2 unspecified atom stereocenters. The van der Waals surface area contributed by atoms with E-state index in [0.717, 1.165) is 64.2 Å². The molecule has 0 bridgehead atoms. The van der Waals surface area contributed by atoms with E-state index in [0.29, 0.717) is 0 Å². The molecule has 0 saturated heterocycles. The molecule has 0 aliphatic rings. The minimum Gasteiger partial charge on any atom is -0.463 e. The first-order valence-electron chi connectivity index (χ1n) is 21.6. The van der Waals surface area contributed by atoms with Gasteiger partial charge in [0.05, 0.1) is 13.2 Å². The summed E-state index contributed by atoms with van der Waals surface area (Å²) in [5.74, 6) is -0.654. The topological polar surface area (TPSA) is 131 Å². The van der Waals surface area contributed by atoms with Crippen LogP contribution in [-0.2, 0) is 27.9 Å². The third-order valence-corrected chi connectivity index (χ3v) is 9.60. The summed E-state index contributed by atoms with van der Waals surface area (Å²) in [7, 11) is -4.45. The van der Waals surface area contributed by atoms with Crippen molar-refractivity contribution in [2.24, 2.45) is 0 Å². The Morgan fingerprint density at radius 3 is 1.43 bits per heavy atom. The highest BCUT2D eigenvalue weighted by molar-refractivity contribution is 7.47. The van der Waals surface area contributed by atoms with Crippen molar-refractivity contribution in [1.29, 1.82) is 0 Å². The van der Waals surface area contributed by atoms with Crippen molar-refractivity contribution in [2.45, 2.75) is 168 Å². The van der Waals surface area contributed by atoms with E-state index in [1.807, 2.05) is 12.2 Å². The van der Waals surface area contributed by atoms with Crippen molar-refractivity contribution >= 4 is 19.7 Å². The summed E-state index contributed by atoms with van der Waals surface area (Å²) in [6, 6.07) is 0. The zero-order valence-electron chi connectivity index (χ0n) is 35.0. The number of phosphoric acid groups is 1. The SMILES string of the molecule is CC/C=C\C/C=C\C/C=C\C/C=C\C/C=C\C/C=C\C/C=C\CC(=O)NCCOP(=O)(O)OCC(O)COC(=O)CCCCCCCCCCCCCCCC. The first kappa shape index (κ1) is 53.2. The largest absolute Gasteiger partial charge is 0.472 e. The van der Waals surface area contributed by atoms with Gasteiger partial charge in [-0.2, -0.15) is 0 Å². The summed E-state index contributed by atoms with van der Waals surface area (Å²) in [5, 5.41) is 12.6. The van der Waals surface area contributed by atoms with Crippen LogP contribution >= 0.6 is 7.82 Å². The van der Waals surface area contributed by atoms with Gasteiger partial charge in [-0.15, -0.1) is 0 Å². The zero-order valence-corrected chi connectivity index (χ0v) is 35.9. The van der Waals surface area contributed by atoms with Gasteiger partial charge < -0.3 is 20.1 Å². The molecule has 0 saturated carbocycles. The maximum absolute atomic E-state index is 12.1. The molecule has 0 radical (unpaired) electrons. The molecule has 0 heterocycles. The molecule has 56 heavy (non-hydrogen) atoms. The van der Waals surface area contributed by atoms with Gasteiger partial charge in [-0.25, -0.2) is 4.57 Å². The number of aliphatic hydroxyl groups excluding tert-OH is 1. The first-order chi connectivity index (χ1) is 27.3. The van der Waals surface area contributed by atoms with Gasteiger partial charge in [0.25, 0.3) is 0 Å². The van der Waals surface area contributed by atoms with Gasteiger partial charge in [-0.3, -0.25) is 18.6 Å². The first-order valence-corrected chi connectivity index (χ1v) is 23.1. The molecular weight excluding hydrogens is 725 g/mol. The summed E-state index contributed by atoms with van der Waals surface area (Å²) < 4.78 is 26.8. The number of phosphoric ester groups is 1. The fourth-order valence-corrected chi connectivity index (χ4v) is 6.15. The van der Waals surface area contributed by atoms with Gasteiger partial charge in [-0.05, 0) is 51.4 Å². The summed E-state index contributed by atoms with van der Waals surface area (Å²) in [4.78, 5) is 33.8. The Morgan fingerprint density at radius 2 is 0.982 bits per heavy atom. The summed E-state index contributed by atoms with van der Waals surface area (Å²) >= 11 is 0. The molecule has 0 spiro atoms. The third kappa shape index (κ3) is 42.3. The molecule has 0 aromatic carbocycles. The van der Waals surface area contributed by atoms with Gasteiger partial charge in [0.2, 0.25) is 5.91 Å². The average molecular weight is 804 g/mol. The van der Waals surface area contributed by atoms with Gasteiger partial charge >= 0.3 is 13.8 Å². The van der Waals surface area contributed by atoms with Crippen molar-refractivity contribution in [3.05, 3.63) is 85.1 Å². The fraction of sp³-hybridized carbons (Fsp3) is 0.652. The second-order valence-electron chi connectivity index (χ2n) is 14.0. The van der Waals surface area contributed by atoms with E-state index in [2.05, 4.69) is 86.0 Å². The molecule has 0 rings (SSSR count). The van der Waals surface area contributed by atoms with Gasteiger partial charge in [-0.1, -0.05) is 182 Å². The summed E-state index contributed by atoms with van der Waals surface area (Å²) in [5.41, 5.74) is 0. The van der Waals surface area contributed by atoms with Crippen LogP contribution in [0.25, 0.3) is 0 Å². The van der Waals surface area contributed by atoms with E-state index in [-0.39, 0.29) is 38.5 Å². The molecule has 9 nitrogen and oxygen atoms in total. The van der Waals surface area contributed by atoms with Crippen molar-refractivity contribution in [1.82, 2.24) is 5.32 Å². The number of rotatable bonds is 39. The second-order valence-corrected chi connectivity index (χ2v) is 15.4. The average Bonchev–Trinajstić information content (AvgIpc) is 3.18. The zero-order chi connectivity index (χ0) is 41.1. The number of nitrogens with one attached hydrogen (secondary N) is 1. The molecule has 10 heteroatoms. The van der Waals surface area contributed by atoms with Gasteiger partial charge in [0.15, 0.2) is 0 Å². The van der Waals surface area contributed by atoms with Crippen LogP contribution in [0.15, 0.2) is 85.1 Å². The Hall–Kier alpha value is -2.81. The smallest absolute Gasteiger partial charge is 0.463 e. The highest BCUT2D eigenvalue weighted by Gasteiger charge is 2.23. The highest BCUT2D eigenvalue weighted by atomic mass is 31.2. The Morgan fingerprint density at radius 1 is 0.571 bits per heavy atom. The number of ether oxygens (including phenoxy) is 1. The number of carbonyl (C=O) groups is 2. The lowest BCUT2D eigenvalue weighted by Crippen LogP contribution is -2.26. The molecule has 0 aliphatic carbocycles. The monoisotopic (exact) mass is 804 g/mol. The van der Waals surface area contributed by atoms with E-state index in [1.54, 1.807) is 6.08 Å². The third-order valence-electron chi connectivity index (χ3n) is 8.62. The number of unbranched alkanes of at least 4 members (excludes halogenated alkanes) is 13. The molecule has 1 amide bonds. The predicted octanol–water partition coefficient (Wildman–Crippen LogP) is 12.0. The Labute approximate surface area is 341 Å². The number of aliphatic hydroxyl groups is 1. The van der Waals surface area contributed by atoms with Gasteiger partial charge in [0.1, 0.15) is 12.7 Å². The van der Waals surface area contributed by atoms with Crippen molar-refractivity contribution in [3.63, 3.8) is 0 Å². The normalized spacial score (nSPS) is 14.1. The molecule has 0 aliphatic heterocycles. The van der Waals surface area contributed by atoms with Crippen LogP contribution in [0.1, 0.15) is 162 Å². The van der Waals surface area contributed by atoms with Crippen molar-refractivity contribution in [2.75, 3.05) is 26.4 Å². The molecular formula is C46H78NO8P. The van der Waals surface area contributed by atoms with E-state index < -0.39 is 26.5 Å². The Kier molecular flexibility index (Phi) is 39.7. The Balaban J connectivity index is 3.75. The van der Waals surface area contributed by atoms with Crippen LogP contribution in [-0.4, -0.2) is 54.3 Å². The number of hydrogen-bond acceptors (Lipinski definition) is 7. The molecule has 320 valence electrons. The van der Waals surface area contributed by atoms with Crippen LogP contribution < -0.4 is 5.32 Å². The van der Waals surface area contributed by atoms with Crippen LogP contribution in [0.4, 0.5) is 0 Å². The number of esters is 1. The van der Waals surface area contributed by atoms with E-state index in [4.69, 9.17) is 13.8 Å². The molecule has 0 aromatic rings. The number of amides is 1. The van der Waals surface area contributed by atoms with E-state index in [9.17, 15) is 24.2 Å². The highest BCUT2D eigenvalue weighted by Crippen LogP contribution is 2.42. The second kappa shape index (κ2) is 41.8. The van der Waals surface area contributed by atoms with Crippen LogP contribution in [0.5, 0.6) is 0 Å². The summed E-state index contributed by atoms with van der Waals surface area (Å²) in [6.45, 7) is 3.30. The molecule has 3 N–H and O–H groups in total. The Bertz CT molecular complexity index is 1190. The van der Waals surface area contributed by atoms with Crippen LogP contribution in [0, 0.1) is 0 Å². The van der Waals surface area contributed by atoms with Crippen LogP contribution in [0.3, 0.4) is 0 Å². The maximum Gasteiger partial charge on any atom is 0.472 e. The lowest BCUT2D eigenvalue weighted by molar-refractivity contribution is -0.147. The summed E-state index contributed by atoms with van der Waals surface area (Å²) in [6.07, 6.45) is 52.5. The quantitative estimate of drug-likeness (QED) is 0.0242. The van der Waals surface area contributed by atoms with E-state index in [1.165, 1.54) is 70.6 Å². The molecule has 0 aromatic heterocycles. The minimum atomic E-state index is -4.45. The molecule has 0 fully saturated rings. The fourth-order valence-electron chi connectivity index (χ4n) is 5.40. The number of hydrogen-bond donors (Lipinski definition) is 3. The van der Waals surface area contributed by atoms with Crippen LogP contribution in [0.2, 0.25) is 0 Å². The predicted molar refractivity (Wildman–Crippen MR) is 233 cm³/mol. The minimum absolute atomic E-state index is 0.0210. The molecule has 2 atom stereocenters. The lowest BCUT2D eigenvalue weighted by Gasteiger charge is -2.15. The standard InChI is InChI=1S/C46H78NO8P/c1-3-5-7-9-11-13-15-17-19-20-21-22-23-24-25-26-28-30-32-34-36-38-45(49)47-40-41-54-56(51,52)55-43-44(48)42-53-46(50)39-37-35-33-31-29-27-18-16-14-12-10-8-6-4-2/h5,7,11,13,17,19,21-22,24-25,28,30,34,36,44,48H,3-4,6,8-10,12,14-16,18,20,23,26-27,29,31-33,35,37-43H2,1-2H3,(H,47,49)(H,51,52)/b7-5-,13-11-,19-17-,22-21-,25-24-,30-28-,36-34-. The number of allylic oxidation sites excluding steroid dienone is 13. The van der Waals surface area contributed by atoms with E-state index >= 15 is 0 Å².